The zero-order chi connectivity index (χ0) is 13.1. The standard InChI is InChI=1S/C14H15N5/c1-18-12(7-9-16-18)11-15-13-5-2-3-6-14(13)19-10-4-8-17-19/h2-10,15H,11H2,1H3. The number of rotatable bonds is 4. The molecule has 0 atom stereocenters. The van der Waals surface area contributed by atoms with Gasteiger partial charge in [-0.05, 0) is 24.3 Å². The third-order valence-electron chi connectivity index (χ3n) is 3.04. The van der Waals surface area contributed by atoms with E-state index in [1.807, 2.05) is 59.0 Å². The van der Waals surface area contributed by atoms with E-state index in [9.17, 15) is 0 Å². The maximum atomic E-state index is 4.27. The van der Waals surface area contributed by atoms with E-state index < -0.39 is 0 Å². The first-order chi connectivity index (χ1) is 9.34. The summed E-state index contributed by atoms with van der Waals surface area (Å²) in [5, 5.41) is 11.9. The first-order valence-electron chi connectivity index (χ1n) is 6.14. The first-order valence-corrected chi connectivity index (χ1v) is 6.14. The molecular weight excluding hydrogens is 238 g/mol. The van der Waals surface area contributed by atoms with Crippen molar-refractivity contribution >= 4 is 5.69 Å². The molecule has 0 aliphatic heterocycles. The summed E-state index contributed by atoms with van der Waals surface area (Å²) in [6, 6.07) is 12.0. The van der Waals surface area contributed by atoms with Gasteiger partial charge in [-0.25, -0.2) is 4.68 Å². The van der Waals surface area contributed by atoms with Crippen molar-refractivity contribution in [2.45, 2.75) is 6.54 Å². The van der Waals surface area contributed by atoms with Crippen molar-refractivity contribution in [3.63, 3.8) is 0 Å². The highest BCUT2D eigenvalue weighted by atomic mass is 15.3. The molecule has 5 nitrogen and oxygen atoms in total. The highest BCUT2D eigenvalue weighted by molar-refractivity contribution is 5.60. The molecule has 19 heavy (non-hydrogen) atoms. The fourth-order valence-corrected chi connectivity index (χ4v) is 1.99. The zero-order valence-corrected chi connectivity index (χ0v) is 10.7. The number of para-hydroxylation sites is 2. The van der Waals surface area contributed by atoms with Gasteiger partial charge in [-0.15, -0.1) is 0 Å². The number of anilines is 1. The molecule has 0 amide bonds. The molecule has 96 valence electrons. The second-order valence-corrected chi connectivity index (χ2v) is 4.27. The van der Waals surface area contributed by atoms with Crippen molar-refractivity contribution in [1.29, 1.82) is 0 Å². The van der Waals surface area contributed by atoms with Gasteiger partial charge in [0.25, 0.3) is 0 Å². The largest absolute Gasteiger partial charge is 0.378 e. The minimum absolute atomic E-state index is 0.731. The summed E-state index contributed by atoms with van der Waals surface area (Å²) >= 11 is 0. The lowest BCUT2D eigenvalue weighted by Crippen LogP contribution is -2.08. The topological polar surface area (TPSA) is 47.7 Å². The lowest BCUT2D eigenvalue weighted by Gasteiger charge is -2.12. The molecule has 0 bridgehead atoms. The van der Waals surface area contributed by atoms with E-state index in [1.165, 1.54) is 0 Å². The van der Waals surface area contributed by atoms with Crippen molar-refractivity contribution in [1.82, 2.24) is 19.6 Å². The van der Waals surface area contributed by atoms with Gasteiger partial charge in [0.15, 0.2) is 0 Å². The van der Waals surface area contributed by atoms with Crippen LogP contribution in [0.2, 0.25) is 0 Å². The molecule has 1 N–H and O–H groups in total. The van der Waals surface area contributed by atoms with Crippen LogP contribution in [-0.4, -0.2) is 19.6 Å². The van der Waals surface area contributed by atoms with Crippen LogP contribution in [0.5, 0.6) is 0 Å². The van der Waals surface area contributed by atoms with Crippen LogP contribution in [0, 0.1) is 0 Å². The molecule has 1 aromatic carbocycles. The fraction of sp³-hybridized carbons (Fsp3) is 0.143. The molecule has 2 heterocycles. The van der Waals surface area contributed by atoms with E-state index in [0.29, 0.717) is 0 Å². The van der Waals surface area contributed by atoms with Gasteiger partial charge in [0.2, 0.25) is 0 Å². The smallest absolute Gasteiger partial charge is 0.0876 e. The van der Waals surface area contributed by atoms with Gasteiger partial charge in [0.05, 0.1) is 23.6 Å². The Kier molecular flexibility index (Phi) is 3.02. The molecule has 0 aliphatic carbocycles. The van der Waals surface area contributed by atoms with Crippen LogP contribution in [0.25, 0.3) is 5.69 Å². The van der Waals surface area contributed by atoms with E-state index in [0.717, 1.165) is 23.6 Å². The number of nitrogens with one attached hydrogen (secondary N) is 1. The van der Waals surface area contributed by atoms with Crippen LogP contribution in [-0.2, 0) is 13.6 Å². The number of aryl methyl sites for hydroxylation is 1. The normalized spacial score (nSPS) is 10.6. The molecule has 3 rings (SSSR count). The Morgan fingerprint density at radius 3 is 2.68 bits per heavy atom. The third-order valence-corrected chi connectivity index (χ3v) is 3.04. The van der Waals surface area contributed by atoms with Crippen LogP contribution < -0.4 is 5.32 Å². The quantitative estimate of drug-likeness (QED) is 0.775. The van der Waals surface area contributed by atoms with Gasteiger partial charge < -0.3 is 5.32 Å². The van der Waals surface area contributed by atoms with E-state index in [2.05, 4.69) is 15.5 Å². The monoisotopic (exact) mass is 253 g/mol. The molecule has 0 saturated heterocycles. The van der Waals surface area contributed by atoms with Gasteiger partial charge >= 0.3 is 0 Å². The average Bonchev–Trinajstić information content (AvgIpc) is 3.08. The van der Waals surface area contributed by atoms with E-state index in [-0.39, 0.29) is 0 Å². The Labute approximate surface area is 111 Å². The van der Waals surface area contributed by atoms with Crippen LogP contribution in [0.1, 0.15) is 5.69 Å². The van der Waals surface area contributed by atoms with E-state index in [1.54, 1.807) is 12.4 Å². The van der Waals surface area contributed by atoms with E-state index >= 15 is 0 Å². The van der Waals surface area contributed by atoms with Crippen LogP contribution in [0.3, 0.4) is 0 Å². The maximum Gasteiger partial charge on any atom is 0.0876 e. The number of nitrogens with zero attached hydrogens (tertiary/aromatic N) is 4. The average molecular weight is 253 g/mol. The Hall–Kier alpha value is -2.56. The molecule has 2 aromatic heterocycles. The van der Waals surface area contributed by atoms with Crippen LogP contribution in [0.4, 0.5) is 5.69 Å². The molecule has 5 heteroatoms. The molecule has 0 radical (unpaired) electrons. The van der Waals surface area contributed by atoms with Gasteiger partial charge in [-0.3, -0.25) is 4.68 Å². The summed E-state index contributed by atoms with van der Waals surface area (Å²) in [7, 11) is 1.94. The maximum absolute atomic E-state index is 4.27. The summed E-state index contributed by atoms with van der Waals surface area (Å²) < 4.78 is 3.72. The predicted octanol–water partition coefficient (Wildman–Crippen LogP) is 2.22. The zero-order valence-electron chi connectivity index (χ0n) is 10.7. The molecule has 0 fully saturated rings. The molecule has 3 aromatic rings. The number of hydrogen-bond acceptors (Lipinski definition) is 3. The lowest BCUT2D eigenvalue weighted by molar-refractivity contribution is 0.720. The Morgan fingerprint density at radius 1 is 1.05 bits per heavy atom. The van der Waals surface area contributed by atoms with E-state index in [4.69, 9.17) is 0 Å². The summed E-state index contributed by atoms with van der Waals surface area (Å²) in [6.07, 6.45) is 5.51. The summed E-state index contributed by atoms with van der Waals surface area (Å²) in [5.74, 6) is 0. The SMILES string of the molecule is Cn1nccc1CNc1ccccc1-n1cccn1. The van der Waals surface area contributed by atoms with Crippen LogP contribution >= 0.6 is 0 Å². The predicted molar refractivity (Wildman–Crippen MR) is 74.1 cm³/mol. The summed E-state index contributed by atoms with van der Waals surface area (Å²) in [6.45, 7) is 0.731. The Morgan fingerprint density at radius 2 is 1.95 bits per heavy atom. The summed E-state index contributed by atoms with van der Waals surface area (Å²) in [4.78, 5) is 0. The second-order valence-electron chi connectivity index (χ2n) is 4.27. The minimum Gasteiger partial charge on any atom is -0.378 e. The first kappa shape index (κ1) is 11.5. The van der Waals surface area contributed by atoms with Gasteiger partial charge in [-0.1, -0.05) is 12.1 Å². The highest BCUT2D eigenvalue weighted by Crippen LogP contribution is 2.19. The van der Waals surface area contributed by atoms with Gasteiger partial charge in [0.1, 0.15) is 0 Å². The van der Waals surface area contributed by atoms with Crippen molar-refractivity contribution in [2.24, 2.45) is 7.05 Å². The lowest BCUT2D eigenvalue weighted by atomic mass is 10.2. The number of benzene rings is 1. The van der Waals surface area contributed by atoms with Crippen molar-refractivity contribution in [3.8, 4) is 5.69 Å². The minimum atomic E-state index is 0.731. The van der Waals surface area contributed by atoms with Crippen molar-refractivity contribution in [3.05, 3.63) is 60.7 Å². The van der Waals surface area contributed by atoms with Gasteiger partial charge in [0, 0.05) is 25.6 Å². The molecule has 0 unspecified atom stereocenters. The molecular formula is C14H15N5. The Bertz CT molecular complexity index is 654. The fourth-order valence-electron chi connectivity index (χ4n) is 1.99. The van der Waals surface area contributed by atoms with Crippen molar-refractivity contribution in [2.75, 3.05) is 5.32 Å². The number of aromatic nitrogens is 4. The summed E-state index contributed by atoms with van der Waals surface area (Å²) in [5.41, 5.74) is 3.22. The third kappa shape index (κ3) is 2.35. The second kappa shape index (κ2) is 4.97. The molecule has 0 spiro atoms. The van der Waals surface area contributed by atoms with Gasteiger partial charge in [-0.2, -0.15) is 10.2 Å². The Balaban J connectivity index is 1.84. The number of hydrogen-bond donors (Lipinski definition) is 1. The van der Waals surface area contributed by atoms with Crippen LogP contribution in [0.15, 0.2) is 55.0 Å². The highest BCUT2D eigenvalue weighted by Gasteiger charge is 2.04. The molecule has 0 saturated carbocycles. The molecule has 0 aliphatic rings. The van der Waals surface area contributed by atoms with Crippen molar-refractivity contribution < 1.29 is 0 Å².